The molecule has 5 heteroatoms. The molecule has 2 rings (SSSR count). The lowest BCUT2D eigenvalue weighted by Gasteiger charge is -2.12. The molecule has 18 heavy (non-hydrogen) atoms. The maximum Gasteiger partial charge on any atom is 0.250 e. The van der Waals surface area contributed by atoms with Crippen molar-refractivity contribution in [2.45, 2.75) is 19.4 Å². The van der Waals surface area contributed by atoms with Gasteiger partial charge in [0.2, 0.25) is 5.91 Å². The van der Waals surface area contributed by atoms with Crippen molar-refractivity contribution in [3.8, 4) is 0 Å². The molecular formula is C13H18N2O3. The molecule has 1 amide bonds. The van der Waals surface area contributed by atoms with E-state index in [2.05, 4.69) is 5.32 Å². The second-order valence-electron chi connectivity index (χ2n) is 4.36. The van der Waals surface area contributed by atoms with E-state index >= 15 is 0 Å². The predicted molar refractivity (Wildman–Crippen MR) is 69.4 cm³/mol. The van der Waals surface area contributed by atoms with Gasteiger partial charge < -0.3 is 20.5 Å². The van der Waals surface area contributed by atoms with Gasteiger partial charge in [-0.05, 0) is 31.0 Å². The van der Waals surface area contributed by atoms with E-state index in [-0.39, 0.29) is 18.6 Å². The molecule has 0 radical (unpaired) electrons. The second-order valence-corrected chi connectivity index (χ2v) is 4.36. The zero-order valence-corrected chi connectivity index (χ0v) is 10.4. The third kappa shape index (κ3) is 3.21. The first-order valence-corrected chi connectivity index (χ1v) is 6.01. The monoisotopic (exact) mass is 250 g/mol. The molecule has 0 bridgehead atoms. The van der Waals surface area contributed by atoms with Gasteiger partial charge >= 0.3 is 0 Å². The van der Waals surface area contributed by atoms with E-state index in [1.165, 1.54) is 0 Å². The molecule has 1 aromatic rings. The van der Waals surface area contributed by atoms with Gasteiger partial charge in [0, 0.05) is 18.0 Å². The standard InChI is InChI=1S/C13H18N2O3/c1-9-11(14)3-2-4-12(9)15-13(16)8-18-10-5-6-17-7-10/h2-4,10H,5-8,14H2,1H3,(H,15,16). The summed E-state index contributed by atoms with van der Waals surface area (Å²) in [5.41, 5.74) is 8.03. The number of benzene rings is 1. The topological polar surface area (TPSA) is 73.6 Å². The Bertz CT molecular complexity index is 428. The van der Waals surface area contributed by atoms with Crippen molar-refractivity contribution in [1.82, 2.24) is 0 Å². The molecule has 1 unspecified atom stereocenters. The predicted octanol–water partition coefficient (Wildman–Crippen LogP) is 1.32. The normalized spacial score (nSPS) is 18.8. The number of anilines is 2. The van der Waals surface area contributed by atoms with Crippen molar-refractivity contribution >= 4 is 17.3 Å². The fourth-order valence-corrected chi connectivity index (χ4v) is 1.81. The van der Waals surface area contributed by atoms with E-state index in [4.69, 9.17) is 15.2 Å². The first kappa shape index (κ1) is 12.9. The molecule has 0 aromatic heterocycles. The zero-order chi connectivity index (χ0) is 13.0. The molecule has 1 heterocycles. The fraction of sp³-hybridized carbons (Fsp3) is 0.462. The van der Waals surface area contributed by atoms with Crippen LogP contribution < -0.4 is 11.1 Å². The summed E-state index contributed by atoms with van der Waals surface area (Å²) in [6.07, 6.45) is 0.891. The van der Waals surface area contributed by atoms with Gasteiger partial charge in [-0.2, -0.15) is 0 Å². The molecule has 1 atom stereocenters. The van der Waals surface area contributed by atoms with E-state index in [1.54, 1.807) is 6.07 Å². The lowest BCUT2D eigenvalue weighted by atomic mass is 10.1. The molecular weight excluding hydrogens is 232 g/mol. The Morgan fingerprint density at radius 2 is 2.44 bits per heavy atom. The highest BCUT2D eigenvalue weighted by molar-refractivity contribution is 5.93. The third-order valence-corrected chi connectivity index (χ3v) is 2.99. The van der Waals surface area contributed by atoms with Crippen LogP contribution in [0.15, 0.2) is 18.2 Å². The number of carbonyl (C=O) groups is 1. The van der Waals surface area contributed by atoms with Crippen LogP contribution in [0.2, 0.25) is 0 Å². The van der Waals surface area contributed by atoms with Crippen LogP contribution in [-0.4, -0.2) is 31.8 Å². The van der Waals surface area contributed by atoms with Gasteiger partial charge in [-0.3, -0.25) is 4.79 Å². The van der Waals surface area contributed by atoms with E-state index in [0.717, 1.165) is 17.7 Å². The third-order valence-electron chi connectivity index (χ3n) is 2.99. The summed E-state index contributed by atoms with van der Waals surface area (Å²) >= 11 is 0. The number of nitrogen functional groups attached to an aromatic ring is 1. The van der Waals surface area contributed by atoms with Gasteiger partial charge in [0.15, 0.2) is 0 Å². The van der Waals surface area contributed by atoms with Crippen LogP contribution in [0.25, 0.3) is 0 Å². The summed E-state index contributed by atoms with van der Waals surface area (Å²) in [7, 11) is 0. The van der Waals surface area contributed by atoms with Crippen LogP contribution in [0.1, 0.15) is 12.0 Å². The van der Waals surface area contributed by atoms with E-state index in [9.17, 15) is 4.79 Å². The largest absolute Gasteiger partial charge is 0.398 e. The summed E-state index contributed by atoms with van der Waals surface area (Å²) in [5, 5.41) is 2.79. The Morgan fingerprint density at radius 3 is 3.17 bits per heavy atom. The summed E-state index contributed by atoms with van der Waals surface area (Å²) in [6, 6.07) is 5.43. The highest BCUT2D eigenvalue weighted by Crippen LogP contribution is 2.20. The van der Waals surface area contributed by atoms with Crippen LogP contribution in [0, 0.1) is 6.92 Å². The number of hydrogen-bond acceptors (Lipinski definition) is 4. The number of amides is 1. The quantitative estimate of drug-likeness (QED) is 0.790. The number of rotatable bonds is 4. The average molecular weight is 250 g/mol. The summed E-state index contributed by atoms with van der Waals surface area (Å²) in [4.78, 5) is 11.7. The first-order valence-electron chi connectivity index (χ1n) is 6.01. The molecule has 1 aliphatic heterocycles. The van der Waals surface area contributed by atoms with E-state index < -0.39 is 0 Å². The van der Waals surface area contributed by atoms with Crippen LogP contribution >= 0.6 is 0 Å². The van der Waals surface area contributed by atoms with Crippen molar-refractivity contribution in [3.63, 3.8) is 0 Å². The smallest absolute Gasteiger partial charge is 0.250 e. The van der Waals surface area contributed by atoms with Crippen molar-refractivity contribution in [3.05, 3.63) is 23.8 Å². The van der Waals surface area contributed by atoms with Crippen molar-refractivity contribution in [2.75, 3.05) is 30.9 Å². The van der Waals surface area contributed by atoms with Gasteiger partial charge in [-0.25, -0.2) is 0 Å². The number of ether oxygens (including phenoxy) is 2. The molecule has 0 spiro atoms. The minimum absolute atomic E-state index is 0.0395. The molecule has 0 saturated carbocycles. The Kier molecular flexibility index (Phi) is 4.17. The van der Waals surface area contributed by atoms with Crippen molar-refractivity contribution in [2.24, 2.45) is 0 Å². The van der Waals surface area contributed by atoms with Gasteiger partial charge in [0.25, 0.3) is 0 Å². The number of carbonyl (C=O) groups excluding carboxylic acids is 1. The number of hydrogen-bond donors (Lipinski definition) is 2. The molecule has 98 valence electrons. The van der Waals surface area contributed by atoms with Crippen LogP contribution in [-0.2, 0) is 14.3 Å². The fourth-order valence-electron chi connectivity index (χ4n) is 1.81. The maximum atomic E-state index is 11.7. The molecule has 3 N–H and O–H groups in total. The minimum atomic E-state index is -0.171. The Balaban J connectivity index is 1.84. The van der Waals surface area contributed by atoms with Gasteiger partial charge in [-0.15, -0.1) is 0 Å². The van der Waals surface area contributed by atoms with Crippen LogP contribution in [0.3, 0.4) is 0 Å². The summed E-state index contributed by atoms with van der Waals surface area (Å²) in [5.74, 6) is -0.171. The Morgan fingerprint density at radius 1 is 1.61 bits per heavy atom. The molecule has 1 aromatic carbocycles. The summed E-state index contributed by atoms with van der Waals surface area (Å²) < 4.78 is 10.6. The Labute approximate surface area is 106 Å². The number of nitrogens with two attached hydrogens (primary N) is 1. The van der Waals surface area contributed by atoms with Crippen molar-refractivity contribution < 1.29 is 14.3 Å². The molecule has 1 saturated heterocycles. The lowest BCUT2D eigenvalue weighted by Crippen LogP contribution is -2.23. The molecule has 0 aliphatic carbocycles. The SMILES string of the molecule is Cc1c(N)cccc1NC(=O)COC1CCOC1. The van der Waals surface area contributed by atoms with E-state index in [1.807, 2.05) is 19.1 Å². The molecule has 5 nitrogen and oxygen atoms in total. The van der Waals surface area contributed by atoms with Gasteiger partial charge in [-0.1, -0.05) is 6.07 Å². The average Bonchev–Trinajstić information content (AvgIpc) is 2.86. The minimum Gasteiger partial charge on any atom is -0.398 e. The number of nitrogens with one attached hydrogen (secondary N) is 1. The molecule has 1 fully saturated rings. The lowest BCUT2D eigenvalue weighted by molar-refractivity contribution is -0.122. The maximum absolute atomic E-state index is 11.7. The second kappa shape index (κ2) is 5.84. The Hall–Kier alpha value is -1.59. The first-order chi connectivity index (χ1) is 8.66. The van der Waals surface area contributed by atoms with Crippen LogP contribution in [0.4, 0.5) is 11.4 Å². The molecule has 1 aliphatic rings. The van der Waals surface area contributed by atoms with Crippen molar-refractivity contribution in [1.29, 1.82) is 0 Å². The van der Waals surface area contributed by atoms with Gasteiger partial charge in [0.05, 0.1) is 12.7 Å². The summed E-state index contributed by atoms with van der Waals surface area (Å²) in [6.45, 7) is 3.20. The highest BCUT2D eigenvalue weighted by Gasteiger charge is 2.17. The van der Waals surface area contributed by atoms with Gasteiger partial charge in [0.1, 0.15) is 6.61 Å². The van der Waals surface area contributed by atoms with E-state index in [0.29, 0.717) is 18.9 Å². The zero-order valence-electron chi connectivity index (χ0n) is 10.4. The van der Waals surface area contributed by atoms with Crippen LogP contribution in [0.5, 0.6) is 0 Å². The highest BCUT2D eigenvalue weighted by atomic mass is 16.5.